The van der Waals surface area contributed by atoms with E-state index in [2.05, 4.69) is 10.4 Å². The van der Waals surface area contributed by atoms with Crippen molar-refractivity contribution in [3.8, 4) is 0 Å². The molecule has 0 aromatic carbocycles. The van der Waals surface area contributed by atoms with Crippen molar-refractivity contribution >= 4 is 9.84 Å². The number of hydrogen-bond acceptors (Lipinski definition) is 5. The zero-order valence-electron chi connectivity index (χ0n) is 13.5. The summed E-state index contributed by atoms with van der Waals surface area (Å²) in [6.45, 7) is 8.48. The quantitative estimate of drug-likeness (QED) is 0.644. The Morgan fingerprint density at radius 1 is 1.29 bits per heavy atom. The van der Waals surface area contributed by atoms with E-state index in [1.165, 1.54) is 5.56 Å². The van der Waals surface area contributed by atoms with Crippen molar-refractivity contribution in [3.05, 3.63) is 17.0 Å². The van der Waals surface area contributed by atoms with Crippen molar-refractivity contribution in [2.75, 3.05) is 38.3 Å². The Morgan fingerprint density at radius 3 is 2.62 bits per heavy atom. The molecule has 1 rings (SSSR count). The van der Waals surface area contributed by atoms with Crippen molar-refractivity contribution in [3.63, 3.8) is 0 Å². The first kappa shape index (κ1) is 18.1. The van der Waals surface area contributed by atoms with Crippen LogP contribution in [-0.2, 0) is 27.5 Å². The fourth-order valence-electron chi connectivity index (χ4n) is 2.20. The van der Waals surface area contributed by atoms with Crippen molar-refractivity contribution in [1.82, 2.24) is 15.1 Å². The van der Waals surface area contributed by atoms with Gasteiger partial charge in [0.15, 0.2) is 9.84 Å². The van der Waals surface area contributed by atoms with Gasteiger partial charge in [-0.1, -0.05) is 6.92 Å². The molecule has 1 heterocycles. The molecule has 0 aliphatic carbocycles. The molecule has 0 unspecified atom stereocenters. The predicted molar refractivity (Wildman–Crippen MR) is 84.5 cm³/mol. The third kappa shape index (κ3) is 5.76. The number of hydrogen-bond donors (Lipinski definition) is 1. The van der Waals surface area contributed by atoms with E-state index < -0.39 is 9.84 Å². The number of rotatable bonds is 10. The number of aryl methyl sites for hydroxylation is 2. The van der Waals surface area contributed by atoms with Crippen LogP contribution >= 0.6 is 0 Å². The van der Waals surface area contributed by atoms with Crippen LogP contribution < -0.4 is 5.32 Å². The largest absolute Gasteiger partial charge is 0.383 e. The van der Waals surface area contributed by atoms with E-state index in [9.17, 15) is 8.42 Å². The zero-order valence-corrected chi connectivity index (χ0v) is 14.3. The molecule has 0 fully saturated rings. The van der Waals surface area contributed by atoms with E-state index in [0.29, 0.717) is 13.2 Å². The van der Waals surface area contributed by atoms with Crippen LogP contribution in [0.5, 0.6) is 0 Å². The van der Waals surface area contributed by atoms with Crippen LogP contribution in [0, 0.1) is 13.8 Å². The van der Waals surface area contributed by atoms with Crippen molar-refractivity contribution in [1.29, 1.82) is 0 Å². The van der Waals surface area contributed by atoms with Crippen LogP contribution in [0.1, 0.15) is 23.9 Å². The molecular weight excluding hydrogens is 290 g/mol. The summed E-state index contributed by atoms with van der Waals surface area (Å²) in [4.78, 5) is 0. The standard InChI is InChI=1S/C14H27N3O3S/c1-5-21(18,19)11-9-17-13(3)14(12(2)16-17)6-7-15-8-10-20-4/h15H,5-11H2,1-4H3. The van der Waals surface area contributed by atoms with Gasteiger partial charge in [-0.15, -0.1) is 0 Å². The second-order valence-corrected chi connectivity index (χ2v) is 7.57. The maximum absolute atomic E-state index is 11.6. The van der Waals surface area contributed by atoms with Gasteiger partial charge in [-0.2, -0.15) is 5.10 Å². The molecule has 0 atom stereocenters. The molecule has 0 aliphatic heterocycles. The Hall–Kier alpha value is -0.920. The van der Waals surface area contributed by atoms with Crippen molar-refractivity contribution in [2.24, 2.45) is 0 Å². The van der Waals surface area contributed by atoms with Gasteiger partial charge in [-0.25, -0.2) is 8.42 Å². The smallest absolute Gasteiger partial charge is 0.151 e. The van der Waals surface area contributed by atoms with Crippen LogP contribution in [0.15, 0.2) is 0 Å². The molecule has 1 aromatic heterocycles. The summed E-state index contributed by atoms with van der Waals surface area (Å²) in [5.74, 6) is 0.333. The summed E-state index contributed by atoms with van der Waals surface area (Å²) in [5.41, 5.74) is 3.25. The SMILES string of the molecule is CCS(=O)(=O)CCn1nc(C)c(CCNCCOC)c1C. The molecular formula is C14H27N3O3S. The van der Waals surface area contributed by atoms with Crippen LogP contribution in [0.2, 0.25) is 0 Å². The van der Waals surface area contributed by atoms with E-state index in [-0.39, 0.29) is 11.5 Å². The van der Waals surface area contributed by atoms with Crippen LogP contribution in [0.25, 0.3) is 0 Å². The lowest BCUT2D eigenvalue weighted by Crippen LogP contribution is -2.22. The van der Waals surface area contributed by atoms with Gasteiger partial charge in [-0.3, -0.25) is 4.68 Å². The molecule has 6 nitrogen and oxygen atoms in total. The van der Waals surface area contributed by atoms with Crippen molar-refractivity contribution < 1.29 is 13.2 Å². The Bertz CT molecular complexity index is 538. The normalized spacial score (nSPS) is 12.0. The highest BCUT2D eigenvalue weighted by Crippen LogP contribution is 2.13. The summed E-state index contributed by atoms with van der Waals surface area (Å²) < 4.78 is 30.0. The van der Waals surface area contributed by atoms with Gasteiger partial charge < -0.3 is 10.1 Å². The lowest BCUT2D eigenvalue weighted by molar-refractivity contribution is 0.199. The van der Waals surface area contributed by atoms with Gasteiger partial charge in [0.25, 0.3) is 0 Å². The first-order valence-electron chi connectivity index (χ1n) is 7.34. The molecule has 0 bridgehead atoms. The molecule has 122 valence electrons. The average molecular weight is 317 g/mol. The minimum atomic E-state index is -2.95. The molecule has 0 radical (unpaired) electrons. The molecule has 0 saturated heterocycles. The third-order valence-corrected chi connectivity index (χ3v) is 5.30. The molecule has 0 amide bonds. The highest BCUT2D eigenvalue weighted by atomic mass is 32.2. The van der Waals surface area contributed by atoms with E-state index >= 15 is 0 Å². The van der Waals surface area contributed by atoms with Gasteiger partial charge >= 0.3 is 0 Å². The van der Waals surface area contributed by atoms with Crippen LogP contribution in [-0.4, -0.2) is 56.5 Å². The van der Waals surface area contributed by atoms with Crippen LogP contribution in [0.4, 0.5) is 0 Å². The second-order valence-electron chi connectivity index (χ2n) is 5.10. The number of nitrogens with zero attached hydrogens (tertiary/aromatic N) is 2. The number of ether oxygens (including phenoxy) is 1. The number of aromatic nitrogens is 2. The fourth-order valence-corrected chi connectivity index (χ4v) is 2.94. The minimum Gasteiger partial charge on any atom is -0.383 e. The molecule has 0 aliphatic rings. The molecule has 21 heavy (non-hydrogen) atoms. The third-order valence-electron chi connectivity index (χ3n) is 3.62. The van der Waals surface area contributed by atoms with E-state index in [1.807, 2.05) is 18.5 Å². The number of sulfone groups is 1. The Kier molecular flexibility index (Phi) is 7.34. The highest BCUT2D eigenvalue weighted by Gasteiger charge is 2.13. The minimum absolute atomic E-state index is 0.150. The number of nitrogens with one attached hydrogen (secondary N) is 1. The Morgan fingerprint density at radius 2 is 2.00 bits per heavy atom. The van der Waals surface area contributed by atoms with Gasteiger partial charge in [0, 0.05) is 25.1 Å². The zero-order chi connectivity index (χ0) is 15.9. The van der Waals surface area contributed by atoms with E-state index in [0.717, 1.165) is 30.9 Å². The van der Waals surface area contributed by atoms with E-state index in [1.54, 1.807) is 14.0 Å². The van der Waals surface area contributed by atoms with Crippen LogP contribution in [0.3, 0.4) is 0 Å². The van der Waals surface area contributed by atoms with Gasteiger partial charge in [0.2, 0.25) is 0 Å². The molecule has 1 N–H and O–H groups in total. The first-order chi connectivity index (χ1) is 9.91. The second kappa shape index (κ2) is 8.51. The van der Waals surface area contributed by atoms with E-state index in [4.69, 9.17) is 4.74 Å². The molecule has 1 aromatic rings. The predicted octanol–water partition coefficient (Wildman–Crippen LogP) is 0.713. The molecule has 7 heteroatoms. The molecule has 0 spiro atoms. The lowest BCUT2D eigenvalue weighted by atomic mass is 10.1. The van der Waals surface area contributed by atoms with Crippen molar-refractivity contribution in [2.45, 2.75) is 33.7 Å². The summed E-state index contributed by atoms with van der Waals surface area (Å²) in [7, 11) is -1.27. The lowest BCUT2D eigenvalue weighted by Gasteiger charge is -2.07. The maximum atomic E-state index is 11.6. The summed E-state index contributed by atoms with van der Waals surface area (Å²) in [5, 5.41) is 7.77. The Balaban J connectivity index is 2.59. The first-order valence-corrected chi connectivity index (χ1v) is 9.16. The summed E-state index contributed by atoms with van der Waals surface area (Å²) in [6.07, 6.45) is 0.891. The fraction of sp³-hybridized carbons (Fsp3) is 0.786. The van der Waals surface area contributed by atoms with Gasteiger partial charge in [0.05, 0.1) is 24.6 Å². The summed E-state index contributed by atoms with van der Waals surface area (Å²) in [6, 6.07) is 0. The average Bonchev–Trinajstić information content (AvgIpc) is 2.72. The highest BCUT2D eigenvalue weighted by molar-refractivity contribution is 7.91. The monoisotopic (exact) mass is 317 g/mol. The summed E-state index contributed by atoms with van der Waals surface area (Å²) >= 11 is 0. The topological polar surface area (TPSA) is 73.2 Å². The maximum Gasteiger partial charge on any atom is 0.151 e. The molecule has 0 saturated carbocycles. The van der Waals surface area contributed by atoms with Gasteiger partial charge in [-0.05, 0) is 32.4 Å². The van der Waals surface area contributed by atoms with Gasteiger partial charge in [0.1, 0.15) is 0 Å². The Labute approximate surface area is 127 Å². The number of methoxy groups -OCH3 is 1.